The van der Waals surface area contributed by atoms with Gasteiger partial charge in [-0.25, -0.2) is 0 Å². The molecule has 0 amide bonds. The highest BCUT2D eigenvalue weighted by Gasteiger charge is 2.27. The summed E-state index contributed by atoms with van der Waals surface area (Å²) in [5.74, 6) is 0.929. The van der Waals surface area contributed by atoms with Crippen molar-refractivity contribution in [3.05, 3.63) is 29.8 Å². The van der Waals surface area contributed by atoms with Gasteiger partial charge in [0.05, 0.1) is 7.11 Å². The Hall–Kier alpha value is -1.02. The van der Waals surface area contributed by atoms with Gasteiger partial charge in [0.15, 0.2) is 0 Å². The molecule has 1 N–H and O–H groups in total. The number of ether oxygens (including phenoxy) is 1. The van der Waals surface area contributed by atoms with Crippen LogP contribution in [0.3, 0.4) is 0 Å². The second-order valence-corrected chi connectivity index (χ2v) is 4.50. The summed E-state index contributed by atoms with van der Waals surface area (Å²) in [6.07, 6.45) is 2.31. The highest BCUT2D eigenvalue weighted by atomic mass is 16.5. The predicted octanol–water partition coefficient (Wildman–Crippen LogP) is 3.36. The van der Waals surface area contributed by atoms with Crippen molar-refractivity contribution >= 4 is 0 Å². The van der Waals surface area contributed by atoms with E-state index in [0.717, 1.165) is 31.7 Å². The van der Waals surface area contributed by atoms with E-state index in [-0.39, 0.29) is 5.41 Å². The van der Waals surface area contributed by atoms with Crippen LogP contribution >= 0.6 is 0 Å². The minimum Gasteiger partial charge on any atom is -0.497 e. The summed E-state index contributed by atoms with van der Waals surface area (Å²) in [4.78, 5) is 0. The van der Waals surface area contributed by atoms with Gasteiger partial charge >= 0.3 is 0 Å². The Labute approximate surface area is 105 Å². The first-order valence-electron chi connectivity index (χ1n) is 6.57. The van der Waals surface area contributed by atoms with Crippen molar-refractivity contribution in [2.24, 2.45) is 0 Å². The minimum atomic E-state index is 0.252. The molecule has 1 rings (SSSR count). The molecule has 1 aromatic rings. The van der Waals surface area contributed by atoms with Crippen molar-refractivity contribution < 1.29 is 4.74 Å². The summed E-state index contributed by atoms with van der Waals surface area (Å²) in [5.41, 5.74) is 1.66. The molecule has 17 heavy (non-hydrogen) atoms. The Kier molecular flexibility index (Phi) is 5.49. The van der Waals surface area contributed by atoms with Crippen LogP contribution in [0, 0.1) is 0 Å². The van der Waals surface area contributed by atoms with Crippen molar-refractivity contribution in [3.63, 3.8) is 0 Å². The van der Waals surface area contributed by atoms with Gasteiger partial charge in [0.25, 0.3) is 0 Å². The average molecular weight is 235 g/mol. The Morgan fingerprint density at radius 1 is 1.06 bits per heavy atom. The Morgan fingerprint density at radius 2 is 1.65 bits per heavy atom. The molecule has 1 aromatic carbocycles. The van der Waals surface area contributed by atoms with Gasteiger partial charge in [-0.05, 0) is 37.1 Å². The Bertz CT molecular complexity index is 314. The zero-order valence-electron chi connectivity index (χ0n) is 11.5. The van der Waals surface area contributed by atoms with Crippen molar-refractivity contribution in [2.45, 2.75) is 39.0 Å². The minimum absolute atomic E-state index is 0.252. The lowest BCUT2D eigenvalue weighted by atomic mass is 9.76. The summed E-state index contributed by atoms with van der Waals surface area (Å²) >= 11 is 0. The monoisotopic (exact) mass is 235 g/mol. The second-order valence-electron chi connectivity index (χ2n) is 4.50. The molecule has 96 valence electrons. The zero-order valence-corrected chi connectivity index (χ0v) is 11.5. The van der Waals surface area contributed by atoms with Crippen LogP contribution in [0.2, 0.25) is 0 Å². The van der Waals surface area contributed by atoms with E-state index < -0.39 is 0 Å². The number of likely N-dealkylation sites (N-methyl/N-ethyl adjacent to an activating group) is 1. The van der Waals surface area contributed by atoms with Gasteiger partial charge in [-0.15, -0.1) is 0 Å². The maximum atomic E-state index is 5.21. The van der Waals surface area contributed by atoms with E-state index in [4.69, 9.17) is 4.74 Å². The first-order valence-corrected chi connectivity index (χ1v) is 6.57. The number of methoxy groups -OCH3 is 1. The smallest absolute Gasteiger partial charge is 0.118 e. The molecule has 0 aromatic heterocycles. The predicted molar refractivity (Wildman–Crippen MR) is 73.8 cm³/mol. The quantitative estimate of drug-likeness (QED) is 0.782. The van der Waals surface area contributed by atoms with Gasteiger partial charge in [0.1, 0.15) is 5.75 Å². The van der Waals surface area contributed by atoms with E-state index in [1.807, 2.05) is 0 Å². The molecule has 0 fully saturated rings. The molecule has 0 saturated heterocycles. The third-order valence-corrected chi connectivity index (χ3v) is 3.77. The van der Waals surface area contributed by atoms with Gasteiger partial charge < -0.3 is 10.1 Å². The van der Waals surface area contributed by atoms with Gasteiger partial charge in [0, 0.05) is 12.0 Å². The van der Waals surface area contributed by atoms with Crippen LogP contribution in [0.1, 0.15) is 39.2 Å². The Morgan fingerprint density at radius 3 is 2.06 bits per heavy atom. The maximum Gasteiger partial charge on any atom is 0.118 e. The highest BCUT2D eigenvalue weighted by molar-refractivity contribution is 5.32. The number of hydrogen-bond donors (Lipinski definition) is 1. The van der Waals surface area contributed by atoms with Crippen LogP contribution in [0.15, 0.2) is 24.3 Å². The van der Waals surface area contributed by atoms with Crippen LogP contribution < -0.4 is 10.1 Å². The van der Waals surface area contributed by atoms with E-state index in [0.29, 0.717) is 0 Å². The van der Waals surface area contributed by atoms with Crippen LogP contribution in [0.5, 0.6) is 5.75 Å². The van der Waals surface area contributed by atoms with Crippen molar-refractivity contribution in [2.75, 3.05) is 20.2 Å². The molecule has 0 radical (unpaired) electrons. The van der Waals surface area contributed by atoms with Crippen LogP contribution in [-0.2, 0) is 5.41 Å². The number of nitrogens with one attached hydrogen (secondary N) is 1. The van der Waals surface area contributed by atoms with Gasteiger partial charge in [0.2, 0.25) is 0 Å². The molecule has 2 nitrogen and oxygen atoms in total. The van der Waals surface area contributed by atoms with Gasteiger partial charge in [-0.2, -0.15) is 0 Å². The third-order valence-electron chi connectivity index (χ3n) is 3.77. The first kappa shape index (κ1) is 14.0. The molecule has 2 heteroatoms. The maximum absolute atomic E-state index is 5.21. The molecule has 0 atom stereocenters. The first-order chi connectivity index (χ1) is 8.22. The van der Waals surface area contributed by atoms with Gasteiger partial charge in [-0.1, -0.05) is 32.9 Å². The summed E-state index contributed by atoms with van der Waals surface area (Å²) in [5, 5.41) is 3.49. The van der Waals surface area contributed by atoms with E-state index >= 15 is 0 Å². The lowest BCUT2D eigenvalue weighted by molar-refractivity contribution is 0.370. The lowest BCUT2D eigenvalue weighted by Gasteiger charge is -2.32. The van der Waals surface area contributed by atoms with E-state index in [1.165, 1.54) is 5.56 Å². The topological polar surface area (TPSA) is 21.3 Å². The van der Waals surface area contributed by atoms with Crippen LogP contribution in [0.25, 0.3) is 0 Å². The standard InChI is InChI=1S/C15H25NO/c1-5-15(6-2,12-16-7-3)13-8-10-14(17-4)11-9-13/h8-11,16H,5-7,12H2,1-4H3. The SMILES string of the molecule is CCNCC(CC)(CC)c1ccc(OC)cc1. The molecular weight excluding hydrogens is 210 g/mol. The molecule has 0 heterocycles. The molecule has 0 unspecified atom stereocenters. The Balaban J connectivity index is 2.94. The second kappa shape index (κ2) is 6.65. The van der Waals surface area contributed by atoms with E-state index in [9.17, 15) is 0 Å². The zero-order chi connectivity index (χ0) is 12.7. The van der Waals surface area contributed by atoms with Gasteiger partial charge in [-0.3, -0.25) is 0 Å². The van der Waals surface area contributed by atoms with Crippen LogP contribution in [-0.4, -0.2) is 20.2 Å². The molecule has 0 aliphatic heterocycles. The highest BCUT2D eigenvalue weighted by Crippen LogP contribution is 2.32. The molecular formula is C15H25NO. The molecule has 0 spiro atoms. The number of hydrogen-bond acceptors (Lipinski definition) is 2. The summed E-state index contributed by atoms with van der Waals surface area (Å²) in [6.45, 7) is 8.76. The van der Waals surface area contributed by atoms with E-state index in [1.54, 1.807) is 7.11 Å². The summed E-state index contributed by atoms with van der Waals surface area (Å²) in [6, 6.07) is 8.51. The van der Waals surface area contributed by atoms with Crippen molar-refractivity contribution in [1.29, 1.82) is 0 Å². The van der Waals surface area contributed by atoms with Crippen LogP contribution in [0.4, 0.5) is 0 Å². The molecule has 0 aliphatic rings. The lowest BCUT2D eigenvalue weighted by Crippen LogP contribution is -2.37. The fourth-order valence-electron chi connectivity index (χ4n) is 2.32. The third kappa shape index (κ3) is 3.22. The van der Waals surface area contributed by atoms with E-state index in [2.05, 4.69) is 50.4 Å². The number of rotatable bonds is 7. The molecule has 0 bridgehead atoms. The molecule has 0 saturated carbocycles. The van der Waals surface area contributed by atoms with Crippen molar-refractivity contribution in [1.82, 2.24) is 5.32 Å². The number of benzene rings is 1. The normalized spacial score (nSPS) is 11.5. The fourth-order valence-corrected chi connectivity index (χ4v) is 2.32. The summed E-state index contributed by atoms with van der Waals surface area (Å²) in [7, 11) is 1.71. The average Bonchev–Trinajstić information content (AvgIpc) is 2.41. The summed E-state index contributed by atoms with van der Waals surface area (Å²) < 4.78 is 5.21. The molecule has 0 aliphatic carbocycles. The van der Waals surface area contributed by atoms with Crippen molar-refractivity contribution in [3.8, 4) is 5.75 Å². The largest absolute Gasteiger partial charge is 0.497 e. The fraction of sp³-hybridized carbons (Fsp3) is 0.600.